The van der Waals surface area contributed by atoms with Crippen LogP contribution in [0.15, 0.2) is 41.5 Å². The predicted octanol–water partition coefficient (Wildman–Crippen LogP) is 2.85. The van der Waals surface area contributed by atoms with Crippen molar-refractivity contribution >= 4 is 17.6 Å². The zero-order chi connectivity index (χ0) is 18.5. The van der Waals surface area contributed by atoms with Crippen molar-refractivity contribution in [2.75, 3.05) is 19.0 Å². The van der Waals surface area contributed by atoms with Crippen LogP contribution in [-0.2, 0) is 11.2 Å². The number of pyridine rings is 1. The number of nitrogens with zero attached hydrogens (tertiary/aromatic N) is 2. The Morgan fingerprint density at radius 2 is 2.19 bits per heavy atom. The number of aromatic nitrogens is 1. The van der Waals surface area contributed by atoms with E-state index in [1.54, 1.807) is 18.3 Å². The zero-order valence-corrected chi connectivity index (χ0v) is 14.5. The van der Waals surface area contributed by atoms with Gasteiger partial charge in [0.15, 0.2) is 0 Å². The SMILES string of the molecule is CN=C(N)OCCc1cc(NC(=O)c2ccc(C3CC3)cn2)ccc1F. The Morgan fingerprint density at radius 3 is 2.85 bits per heavy atom. The second-order valence-corrected chi connectivity index (χ2v) is 6.17. The predicted molar refractivity (Wildman–Crippen MR) is 97.8 cm³/mol. The fourth-order valence-electron chi connectivity index (χ4n) is 2.57. The number of halogens is 1. The van der Waals surface area contributed by atoms with Crippen molar-refractivity contribution in [1.82, 2.24) is 4.98 Å². The molecule has 1 amide bonds. The number of carbonyl (C=O) groups is 1. The number of aliphatic imine (C=N–C) groups is 1. The van der Waals surface area contributed by atoms with Crippen molar-refractivity contribution < 1.29 is 13.9 Å². The minimum absolute atomic E-state index is 0.0515. The van der Waals surface area contributed by atoms with Gasteiger partial charge in [0.1, 0.15) is 11.5 Å². The number of ether oxygens (including phenoxy) is 1. The Bertz CT molecular complexity index is 817. The second kappa shape index (κ2) is 7.95. The van der Waals surface area contributed by atoms with Crippen LogP contribution in [-0.4, -0.2) is 30.6 Å². The highest BCUT2D eigenvalue weighted by Crippen LogP contribution is 2.39. The van der Waals surface area contributed by atoms with Gasteiger partial charge in [-0.25, -0.2) is 9.38 Å². The lowest BCUT2D eigenvalue weighted by molar-refractivity contribution is 0.102. The third-order valence-corrected chi connectivity index (χ3v) is 4.21. The van der Waals surface area contributed by atoms with Gasteiger partial charge in [0, 0.05) is 25.4 Å². The maximum Gasteiger partial charge on any atom is 0.281 e. The molecule has 0 unspecified atom stereocenters. The fourth-order valence-corrected chi connectivity index (χ4v) is 2.57. The van der Waals surface area contributed by atoms with E-state index >= 15 is 0 Å². The molecule has 1 saturated carbocycles. The number of nitrogens with one attached hydrogen (secondary N) is 1. The Kier molecular flexibility index (Phi) is 5.46. The van der Waals surface area contributed by atoms with Gasteiger partial charge in [0.25, 0.3) is 11.9 Å². The van der Waals surface area contributed by atoms with Gasteiger partial charge in [-0.2, -0.15) is 0 Å². The molecule has 3 N–H and O–H groups in total. The first-order valence-electron chi connectivity index (χ1n) is 8.47. The van der Waals surface area contributed by atoms with Crippen LogP contribution >= 0.6 is 0 Å². The van der Waals surface area contributed by atoms with Gasteiger partial charge in [-0.15, -0.1) is 0 Å². The molecule has 1 aliphatic rings. The molecule has 136 valence electrons. The highest BCUT2D eigenvalue weighted by Gasteiger charge is 2.23. The number of amidine groups is 1. The molecule has 0 bridgehead atoms. The van der Waals surface area contributed by atoms with Crippen LogP contribution in [0.25, 0.3) is 0 Å². The summed E-state index contributed by atoms with van der Waals surface area (Å²) < 4.78 is 19.1. The van der Waals surface area contributed by atoms with Gasteiger partial charge in [-0.1, -0.05) is 6.07 Å². The first kappa shape index (κ1) is 17.8. The van der Waals surface area contributed by atoms with Crippen LogP contribution < -0.4 is 11.1 Å². The Morgan fingerprint density at radius 1 is 1.38 bits per heavy atom. The van der Waals surface area contributed by atoms with Crippen molar-refractivity contribution in [2.24, 2.45) is 10.7 Å². The first-order valence-corrected chi connectivity index (χ1v) is 8.47. The minimum Gasteiger partial charge on any atom is -0.465 e. The molecule has 0 radical (unpaired) electrons. The number of rotatable bonds is 6. The molecule has 3 rings (SSSR count). The van der Waals surface area contributed by atoms with Gasteiger partial charge < -0.3 is 15.8 Å². The highest BCUT2D eigenvalue weighted by atomic mass is 19.1. The van der Waals surface area contributed by atoms with E-state index in [9.17, 15) is 9.18 Å². The number of anilines is 1. The Labute approximate surface area is 151 Å². The van der Waals surface area contributed by atoms with Crippen LogP contribution in [0.3, 0.4) is 0 Å². The molecule has 6 nitrogen and oxygen atoms in total. The van der Waals surface area contributed by atoms with Crippen LogP contribution in [0.2, 0.25) is 0 Å². The van der Waals surface area contributed by atoms with E-state index in [-0.39, 0.29) is 24.4 Å². The molecule has 0 saturated heterocycles. The van der Waals surface area contributed by atoms with Crippen molar-refractivity contribution in [1.29, 1.82) is 0 Å². The molecule has 1 aromatic heterocycles. The highest BCUT2D eigenvalue weighted by molar-refractivity contribution is 6.02. The third-order valence-electron chi connectivity index (χ3n) is 4.21. The molecule has 0 atom stereocenters. The maximum atomic E-state index is 13.9. The number of amides is 1. The minimum atomic E-state index is -0.370. The van der Waals surface area contributed by atoms with E-state index in [0.29, 0.717) is 29.3 Å². The quantitative estimate of drug-likeness (QED) is 0.615. The van der Waals surface area contributed by atoms with E-state index in [1.807, 2.05) is 6.07 Å². The fraction of sp³-hybridized carbons (Fsp3) is 0.316. The molecule has 1 aliphatic carbocycles. The summed E-state index contributed by atoms with van der Waals surface area (Å²) in [5.74, 6) is -0.109. The van der Waals surface area contributed by atoms with E-state index in [4.69, 9.17) is 10.5 Å². The van der Waals surface area contributed by atoms with Gasteiger partial charge in [-0.05, 0) is 54.2 Å². The summed E-state index contributed by atoms with van der Waals surface area (Å²) in [7, 11) is 1.51. The lowest BCUT2D eigenvalue weighted by Gasteiger charge is -2.09. The number of benzene rings is 1. The monoisotopic (exact) mass is 356 g/mol. The largest absolute Gasteiger partial charge is 0.465 e. The van der Waals surface area contributed by atoms with E-state index < -0.39 is 0 Å². The maximum absolute atomic E-state index is 13.9. The molecule has 0 spiro atoms. The molecule has 1 fully saturated rings. The average molecular weight is 356 g/mol. The normalized spacial score (nSPS) is 14.2. The van der Waals surface area contributed by atoms with E-state index in [1.165, 1.54) is 37.6 Å². The van der Waals surface area contributed by atoms with Crippen LogP contribution in [0, 0.1) is 5.82 Å². The number of nitrogens with two attached hydrogens (primary N) is 1. The molecular formula is C19H21FN4O2. The number of hydrogen-bond acceptors (Lipinski definition) is 4. The van der Waals surface area contributed by atoms with Crippen molar-refractivity contribution in [3.8, 4) is 0 Å². The lowest BCUT2D eigenvalue weighted by Crippen LogP contribution is -2.18. The molecule has 7 heteroatoms. The molecule has 1 aromatic carbocycles. The molecule has 26 heavy (non-hydrogen) atoms. The summed E-state index contributed by atoms with van der Waals surface area (Å²) in [5, 5.41) is 2.74. The van der Waals surface area contributed by atoms with Crippen molar-refractivity contribution in [3.05, 3.63) is 59.2 Å². The van der Waals surface area contributed by atoms with E-state index in [0.717, 1.165) is 0 Å². The van der Waals surface area contributed by atoms with Crippen molar-refractivity contribution in [2.45, 2.75) is 25.2 Å². The Balaban J connectivity index is 1.63. The van der Waals surface area contributed by atoms with Gasteiger partial charge in [-0.3, -0.25) is 9.78 Å². The number of carbonyl (C=O) groups excluding carboxylic acids is 1. The smallest absolute Gasteiger partial charge is 0.281 e. The zero-order valence-electron chi connectivity index (χ0n) is 14.5. The summed E-state index contributed by atoms with van der Waals surface area (Å²) in [6.07, 6.45) is 4.43. The topological polar surface area (TPSA) is 89.6 Å². The van der Waals surface area contributed by atoms with Gasteiger partial charge in [0.05, 0.1) is 6.61 Å². The van der Waals surface area contributed by atoms with E-state index in [2.05, 4.69) is 15.3 Å². The van der Waals surface area contributed by atoms with Gasteiger partial charge in [0.2, 0.25) is 0 Å². The summed E-state index contributed by atoms with van der Waals surface area (Å²) in [6, 6.07) is 8.11. The Hall–Kier alpha value is -2.96. The third kappa shape index (κ3) is 4.56. The first-order chi connectivity index (χ1) is 12.6. The summed E-state index contributed by atoms with van der Waals surface area (Å²) in [4.78, 5) is 20.2. The number of hydrogen-bond donors (Lipinski definition) is 2. The molecule has 2 aromatic rings. The van der Waals surface area contributed by atoms with Crippen molar-refractivity contribution in [3.63, 3.8) is 0 Å². The van der Waals surface area contributed by atoms with Crippen LogP contribution in [0.5, 0.6) is 0 Å². The standard InChI is InChI=1S/C19H21FN4O2/c1-22-19(21)26-9-8-13-10-15(5-6-16(13)20)24-18(25)17-7-4-14(11-23-17)12-2-3-12/h4-7,10-12H,2-3,8-9H2,1H3,(H2,21,22)(H,24,25). The van der Waals surface area contributed by atoms with Crippen LogP contribution in [0.1, 0.15) is 40.4 Å². The summed E-state index contributed by atoms with van der Waals surface area (Å²) in [5.41, 5.74) is 7.85. The summed E-state index contributed by atoms with van der Waals surface area (Å²) >= 11 is 0. The second-order valence-electron chi connectivity index (χ2n) is 6.17. The lowest BCUT2D eigenvalue weighted by atomic mass is 10.1. The molecule has 1 heterocycles. The average Bonchev–Trinajstić information content (AvgIpc) is 3.49. The molecule has 0 aliphatic heterocycles. The molecular weight excluding hydrogens is 335 g/mol. The van der Waals surface area contributed by atoms with Crippen LogP contribution in [0.4, 0.5) is 10.1 Å². The summed E-state index contributed by atoms with van der Waals surface area (Å²) in [6.45, 7) is 0.196. The van der Waals surface area contributed by atoms with Gasteiger partial charge >= 0.3 is 0 Å².